The first-order valence-electron chi connectivity index (χ1n) is 10.8. The summed E-state index contributed by atoms with van der Waals surface area (Å²) in [5.74, 6) is -2.28. The third-order valence-corrected chi connectivity index (χ3v) is 7.84. The second-order valence-electron chi connectivity index (χ2n) is 9.58. The Bertz CT molecular complexity index is 1240. The summed E-state index contributed by atoms with van der Waals surface area (Å²) < 4.78 is 32.7. The molecule has 7 rings (SSSR count). The number of benzene rings is 1. The number of carboxylic acids is 1. The van der Waals surface area contributed by atoms with Gasteiger partial charge in [0.15, 0.2) is 5.82 Å². The number of nitrogens with zero attached hydrogens (tertiary/aromatic N) is 2. The number of nitrogens with two attached hydrogens (primary N) is 1. The van der Waals surface area contributed by atoms with Gasteiger partial charge in [-0.15, -0.1) is 0 Å². The van der Waals surface area contributed by atoms with Crippen LogP contribution in [0.5, 0.6) is 0 Å². The van der Waals surface area contributed by atoms with Crippen molar-refractivity contribution in [3.8, 4) is 0 Å². The smallest absolute Gasteiger partial charge is 0.341 e. The van der Waals surface area contributed by atoms with E-state index in [1.807, 2.05) is 0 Å². The van der Waals surface area contributed by atoms with Crippen LogP contribution in [0.2, 0.25) is 0 Å². The Labute approximate surface area is 176 Å². The first kappa shape index (κ1) is 19.0. The third kappa shape index (κ3) is 2.57. The standard InChI is InChI=1S/C23H23F2N3O3/c24-17-7-13-19(28(12-1-2-12)9-15(21(13)29)22(30)31)18(25)20(17)27-8-14-11-3-5-23(26,6-4-11)16(14)10-27/h3,5,7,9,11-12,14,16H,1-2,4,6,8,10,26H2,(H,30,31). The summed E-state index contributed by atoms with van der Waals surface area (Å²) in [5.41, 5.74) is 4.71. The van der Waals surface area contributed by atoms with Crippen LogP contribution >= 0.6 is 0 Å². The number of hydrogen-bond donors (Lipinski definition) is 2. The molecule has 31 heavy (non-hydrogen) atoms. The van der Waals surface area contributed by atoms with Crippen LogP contribution < -0.4 is 16.1 Å². The minimum absolute atomic E-state index is 0.00710. The summed E-state index contributed by atoms with van der Waals surface area (Å²) in [6, 6.07) is 0.927. The molecule has 6 nitrogen and oxygen atoms in total. The Morgan fingerprint density at radius 3 is 2.61 bits per heavy atom. The molecule has 4 unspecified atom stereocenters. The largest absolute Gasteiger partial charge is 0.477 e. The zero-order chi connectivity index (χ0) is 21.7. The predicted octanol–water partition coefficient (Wildman–Crippen LogP) is 3.04. The van der Waals surface area contributed by atoms with Gasteiger partial charge in [0.05, 0.1) is 10.9 Å². The summed E-state index contributed by atoms with van der Waals surface area (Å²) in [4.78, 5) is 25.9. The molecule has 2 bridgehead atoms. The van der Waals surface area contributed by atoms with Gasteiger partial charge in [0.25, 0.3) is 0 Å². The zero-order valence-electron chi connectivity index (χ0n) is 16.9. The molecular weight excluding hydrogens is 404 g/mol. The van der Waals surface area contributed by atoms with E-state index in [4.69, 9.17) is 5.73 Å². The average molecular weight is 427 g/mol. The number of carbonyl (C=O) groups is 1. The lowest BCUT2D eigenvalue weighted by atomic mass is 9.60. The molecule has 1 aliphatic heterocycles. The van der Waals surface area contributed by atoms with E-state index >= 15 is 8.78 Å². The summed E-state index contributed by atoms with van der Waals surface area (Å²) in [7, 11) is 0. The second-order valence-corrected chi connectivity index (χ2v) is 9.58. The number of rotatable bonds is 3. The fraction of sp³-hybridized carbons (Fsp3) is 0.478. The summed E-state index contributed by atoms with van der Waals surface area (Å²) >= 11 is 0. The van der Waals surface area contributed by atoms with Gasteiger partial charge in [-0.1, -0.05) is 12.2 Å². The number of aromatic carboxylic acids is 1. The molecule has 2 aromatic rings. The van der Waals surface area contributed by atoms with Crippen molar-refractivity contribution in [2.24, 2.45) is 23.5 Å². The zero-order valence-corrected chi connectivity index (χ0v) is 16.9. The molecule has 5 aliphatic rings. The molecule has 1 aromatic heterocycles. The highest BCUT2D eigenvalue weighted by Crippen LogP contribution is 2.51. The number of fused-ring (bicyclic) bond motifs is 2. The summed E-state index contributed by atoms with van der Waals surface area (Å²) in [5, 5.41) is 9.17. The van der Waals surface area contributed by atoms with Crippen molar-refractivity contribution >= 4 is 22.6 Å². The number of pyridine rings is 1. The van der Waals surface area contributed by atoms with Crippen molar-refractivity contribution in [3.05, 3.63) is 51.8 Å². The van der Waals surface area contributed by atoms with Crippen molar-refractivity contribution in [2.45, 2.75) is 37.3 Å². The molecule has 4 aliphatic carbocycles. The lowest BCUT2D eigenvalue weighted by Crippen LogP contribution is -2.55. The van der Waals surface area contributed by atoms with Crippen LogP contribution in [-0.2, 0) is 0 Å². The van der Waals surface area contributed by atoms with Crippen LogP contribution in [0.4, 0.5) is 14.5 Å². The van der Waals surface area contributed by atoms with Gasteiger partial charge in [-0.2, -0.15) is 0 Å². The van der Waals surface area contributed by atoms with Gasteiger partial charge in [0.1, 0.15) is 17.1 Å². The second kappa shape index (κ2) is 6.16. The number of aromatic nitrogens is 1. The normalized spacial score (nSPS) is 31.5. The number of hydrogen-bond acceptors (Lipinski definition) is 4. The van der Waals surface area contributed by atoms with Crippen LogP contribution in [0.3, 0.4) is 0 Å². The Kier molecular flexibility index (Phi) is 3.77. The fourth-order valence-electron chi connectivity index (χ4n) is 6.09. The SMILES string of the molecule is NC12C=CC(CC1)C1CN(c3c(F)cc4c(=O)c(C(=O)O)cn(C5CC5)c4c3F)CC12. The molecule has 0 spiro atoms. The van der Waals surface area contributed by atoms with Crippen molar-refractivity contribution in [3.63, 3.8) is 0 Å². The summed E-state index contributed by atoms with van der Waals surface area (Å²) in [6.45, 7) is 0.973. The maximum Gasteiger partial charge on any atom is 0.341 e. The van der Waals surface area contributed by atoms with Crippen molar-refractivity contribution in [1.82, 2.24) is 4.57 Å². The van der Waals surface area contributed by atoms with E-state index in [9.17, 15) is 14.7 Å². The van der Waals surface area contributed by atoms with Crippen LogP contribution in [0.1, 0.15) is 42.1 Å². The Balaban J connectivity index is 1.51. The van der Waals surface area contributed by atoms with E-state index in [0.29, 0.717) is 19.0 Å². The number of anilines is 1. The van der Waals surface area contributed by atoms with E-state index in [1.165, 1.54) is 10.8 Å². The van der Waals surface area contributed by atoms with E-state index in [1.54, 1.807) is 4.90 Å². The first-order chi connectivity index (χ1) is 14.8. The fourth-order valence-corrected chi connectivity index (χ4v) is 6.09. The molecule has 2 heterocycles. The monoisotopic (exact) mass is 427 g/mol. The van der Waals surface area contributed by atoms with E-state index < -0.39 is 34.1 Å². The molecule has 4 atom stereocenters. The van der Waals surface area contributed by atoms with Crippen LogP contribution in [0.25, 0.3) is 10.9 Å². The van der Waals surface area contributed by atoms with Gasteiger partial charge < -0.3 is 20.3 Å². The van der Waals surface area contributed by atoms with Gasteiger partial charge in [-0.05, 0) is 43.6 Å². The van der Waals surface area contributed by atoms with Gasteiger partial charge in [-0.25, -0.2) is 13.6 Å². The van der Waals surface area contributed by atoms with Gasteiger partial charge >= 0.3 is 5.97 Å². The van der Waals surface area contributed by atoms with Gasteiger partial charge in [-0.3, -0.25) is 4.79 Å². The van der Waals surface area contributed by atoms with Gasteiger partial charge in [0.2, 0.25) is 5.43 Å². The van der Waals surface area contributed by atoms with Crippen LogP contribution in [0, 0.1) is 29.4 Å². The number of carboxylic acid groups (broad SMARTS) is 1. The highest BCUT2D eigenvalue weighted by Gasteiger charge is 2.53. The molecule has 3 N–H and O–H groups in total. The number of halogens is 2. The minimum atomic E-state index is -1.40. The predicted molar refractivity (Wildman–Crippen MR) is 111 cm³/mol. The molecule has 0 amide bonds. The highest BCUT2D eigenvalue weighted by atomic mass is 19.1. The van der Waals surface area contributed by atoms with Crippen molar-refractivity contribution in [1.29, 1.82) is 0 Å². The average Bonchev–Trinajstić information content (AvgIpc) is 3.46. The lowest BCUT2D eigenvalue weighted by Gasteiger charge is -2.47. The molecule has 3 fully saturated rings. The first-order valence-corrected chi connectivity index (χ1v) is 10.8. The minimum Gasteiger partial charge on any atom is -0.477 e. The molecule has 1 saturated heterocycles. The van der Waals surface area contributed by atoms with E-state index in [0.717, 1.165) is 31.7 Å². The number of allylic oxidation sites excluding steroid dienone is 1. The highest BCUT2D eigenvalue weighted by molar-refractivity contribution is 5.94. The van der Waals surface area contributed by atoms with Crippen molar-refractivity contribution in [2.75, 3.05) is 18.0 Å². The van der Waals surface area contributed by atoms with E-state index in [-0.39, 0.29) is 34.5 Å². The topological polar surface area (TPSA) is 88.6 Å². The molecule has 0 radical (unpaired) electrons. The Morgan fingerprint density at radius 2 is 2.00 bits per heavy atom. The molecule has 162 valence electrons. The Hall–Kier alpha value is -2.74. The molecule has 8 heteroatoms. The molecular formula is C23H23F2N3O3. The van der Waals surface area contributed by atoms with Crippen molar-refractivity contribution < 1.29 is 18.7 Å². The maximum atomic E-state index is 15.9. The summed E-state index contributed by atoms with van der Waals surface area (Å²) in [6.07, 6.45) is 8.82. The maximum absolute atomic E-state index is 15.9. The van der Waals surface area contributed by atoms with Crippen LogP contribution in [-0.4, -0.2) is 34.3 Å². The molecule has 1 aromatic carbocycles. The Morgan fingerprint density at radius 1 is 1.23 bits per heavy atom. The van der Waals surface area contributed by atoms with E-state index in [2.05, 4.69) is 12.2 Å². The van der Waals surface area contributed by atoms with Crippen LogP contribution in [0.15, 0.2) is 29.2 Å². The quantitative estimate of drug-likeness (QED) is 0.735. The molecule has 2 saturated carbocycles. The third-order valence-electron chi connectivity index (χ3n) is 7.84. The van der Waals surface area contributed by atoms with Gasteiger partial charge in [0, 0.05) is 36.8 Å². The lowest BCUT2D eigenvalue weighted by molar-refractivity contribution is 0.0694.